The van der Waals surface area contributed by atoms with Gasteiger partial charge in [0.2, 0.25) is 0 Å². The predicted octanol–water partition coefficient (Wildman–Crippen LogP) is 0.266. The molecular formula is C10H21NO3S. The summed E-state index contributed by atoms with van der Waals surface area (Å²) in [6.07, 6.45) is 0.484. The van der Waals surface area contributed by atoms with Gasteiger partial charge in [-0.1, -0.05) is 0 Å². The van der Waals surface area contributed by atoms with Crippen molar-refractivity contribution in [2.24, 2.45) is 0 Å². The highest BCUT2D eigenvalue weighted by Crippen LogP contribution is 2.17. The molecule has 0 amide bonds. The second kappa shape index (κ2) is 4.39. The first-order chi connectivity index (χ1) is 6.72. The van der Waals surface area contributed by atoms with E-state index in [1.807, 2.05) is 4.90 Å². The molecule has 1 aliphatic heterocycles. The van der Waals surface area contributed by atoms with Crippen LogP contribution in [0.1, 0.15) is 27.2 Å². The molecule has 4 nitrogen and oxygen atoms in total. The molecule has 1 aliphatic rings. The molecule has 0 radical (unpaired) electrons. The van der Waals surface area contributed by atoms with Crippen LogP contribution in [0.4, 0.5) is 0 Å². The van der Waals surface area contributed by atoms with Gasteiger partial charge in [-0.3, -0.25) is 4.90 Å². The average molecular weight is 235 g/mol. The van der Waals surface area contributed by atoms with Crippen LogP contribution in [0.25, 0.3) is 0 Å². The summed E-state index contributed by atoms with van der Waals surface area (Å²) in [7, 11) is -3.03. The first kappa shape index (κ1) is 12.9. The molecule has 0 aromatic heterocycles. The average Bonchev–Trinajstić information content (AvgIpc) is 2.46. The summed E-state index contributed by atoms with van der Waals surface area (Å²) in [4.78, 5) is 2.01. The van der Waals surface area contributed by atoms with Crippen LogP contribution in [-0.2, 0) is 9.84 Å². The van der Waals surface area contributed by atoms with Gasteiger partial charge in [-0.25, -0.2) is 8.42 Å². The fourth-order valence-corrected chi connectivity index (χ4v) is 2.68. The Kier molecular flexibility index (Phi) is 3.79. The molecular weight excluding hydrogens is 214 g/mol. The van der Waals surface area contributed by atoms with E-state index in [0.29, 0.717) is 13.1 Å². The van der Waals surface area contributed by atoms with Crippen molar-refractivity contribution in [2.75, 3.05) is 25.4 Å². The summed E-state index contributed by atoms with van der Waals surface area (Å²) in [6.45, 7) is 7.13. The second-order valence-electron chi connectivity index (χ2n) is 5.17. The molecule has 90 valence electrons. The van der Waals surface area contributed by atoms with Crippen LogP contribution >= 0.6 is 0 Å². The molecule has 0 aliphatic carbocycles. The molecule has 0 unspecified atom stereocenters. The number of hydrogen-bond donors (Lipinski definition) is 1. The van der Waals surface area contributed by atoms with Gasteiger partial charge in [-0.2, -0.15) is 0 Å². The minimum atomic E-state index is -3.03. The smallest absolute Gasteiger partial charge is 0.156 e. The van der Waals surface area contributed by atoms with Gasteiger partial charge in [0.1, 0.15) is 0 Å². The van der Waals surface area contributed by atoms with E-state index in [0.717, 1.165) is 13.0 Å². The molecule has 1 atom stereocenters. The molecule has 15 heavy (non-hydrogen) atoms. The van der Waals surface area contributed by atoms with Crippen LogP contribution in [0.5, 0.6) is 0 Å². The van der Waals surface area contributed by atoms with Crippen LogP contribution in [0.15, 0.2) is 0 Å². The molecule has 0 bridgehead atoms. The van der Waals surface area contributed by atoms with Crippen molar-refractivity contribution in [3.63, 3.8) is 0 Å². The summed E-state index contributed by atoms with van der Waals surface area (Å²) < 4.78 is 22.9. The SMILES string of the molecule is CC(C)(C)S(=O)(=O)CCN1CC[C@@H](O)C1. The maximum Gasteiger partial charge on any atom is 0.156 e. The Morgan fingerprint density at radius 1 is 1.40 bits per heavy atom. The number of sulfone groups is 1. The largest absolute Gasteiger partial charge is 0.392 e. The highest BCUT2D eigenvalue weighted by atomic mass is 32.2. The standard InChI is InChI=1S/C10H21NO3S/c1-10(2,3)15(13,14)7-6-11-5-4-9(12)8-11/h9,12H,4-8H2,1-3H3/t9-/m1/s1. The fourth-order valence-electron chi connectivity index (χ4n) is 1.57. The van der Waals surface area contributed by atoms with E-state index >= 15 is 0 Å². The van der Waals surface area contributed by atoms with Gasteiger partial charge in [0, 0.05) is 19.6 Å². The lowest BCUT2D eigenvalue weighted by Gasteiger charge is -2.21. The minimum Gasteiger partial charge on any atom is -0.392 e. The molecule has 0 aromatic carbocycles. The number of aliphatic hydroxyl groups is 1. The number of β-amino-alcohol motifs (C(OH)–C–C–N with tert-alkyl or cyclic N) is 1. The number of rotatable bonds is 3. The fraction of sp³-hybridized carbons (Fsp3) is 1.00. The van der Waals surface area contributed by atoms with Crippen molar-refractivity contribution < 1.29 is 13.5 Å². The van der Waals surface area contributed by atoms with Crippen LogP contribution in [0.2, 0.25) is 0 Å². The molecule has 0 spiro atoms. The third kappa shape index (κ3) is 3.43. The summed E-state index contributed by atoms with van der Waals surface area (Å²) in [5.74, 6) is 0.184. The van der Waals surface area contributed by atoms with Gasteiger partial charge in [-0.15, -0.1) is 0 Å². The molecule has 0 aromatic rings. The Morgan fingerprint density at radius 3 is 2.40 bits per heavy atom. The Hall–Kier alpha value is -0.130. The maximum absolute atomic E-state index is 11.8. The predicted molar refractivity (Wildman–Crippen MR) is 60.6 cm³/mol. The van der Waals surface area contributed by atoms with E-state index in [1.165, 1.54) is 0 Å². The van der Waals surface area contributed by atoms with Crippen molar-refractivity contribution in [2.45, 2.75) is 38.0 Å². The maximum atomic E-state index is 11.8. The minimum absolute atomic E-state index is 0.184. The lowest BCUT2D eigenvalue weighted by molar-refractivity contribution is 0.178. The van der Waals surface area contributed by atoms with Crippen LogP contribution in [-0.4, -0.2) is 54.7 Å². The normalized spacial score (nSPS) is 24.7. The second-order valence-corrected chi connectivity index (χ2v) is 8.04. The number of nitrogens with zero attached hydrogens (tertiary/aromatic N) is 1. The molecule has 0 saturated carbocycles. The third-order valence-electron chi connectivity index (χ3n) is 2.86. The summed E-state index contributed by atoms with van der Waals surface area (Å²) in [5.41, 5.74) is 0. The molecule has 5 heteroatoms. The van der Waals surface area contributed by atoms with E-state index in [9.17, 15) is 13.5 Å². The van der Waals surface area contributed by atoms with Crippen molar-refractivity contribution >= 4 is 9.84 Å². The first-order valence-corrected chi connectivity index (χ1v) is 7.00. The Morgan fingerprint density at radius 2 is 2.00 bits per heavy atom. The van der Waals surface area contributed by atoms with E-state index < -0.39 is 14.6 Å². The van der Waals surface area contributed by atoms with Gasteiger partial charge < -0.3 is 5.11 Å². The summed E-state index contributed by atoms with van der Waals surface area (Å²) in [6, 6.07) is 0. The van der Waals surface area contributed by atoms with E-state index in [2.05, 4.69) is 0 Å². The van der Waals surface area contributed by atoms with Crippen LogP contribution in [0, 0.1) is 0 Å². The zero-order valence-electron chi connectivity index (χ0n) is 9.73. The van der Waals surface area contributed by atoms with Crippen molar-refractivity contribution in [1.82, 2.24) is 4.90 Å². The first-order valence-electron chi connectivity index (χ1n) is 5.35. The van der Waals surface area contributed by atoms with Crippen molar-refractivity contribution in [1.29, 1.82) is 0 Å². The lowest BCUT2D eigenvalue weighted by Crippen LogP contribution is -2.36. The van der Waals surface area contributed by atoms with Gasteiger partial charge in [0.15, 0.2) is 9.84 Å². The van der Waals surface area contributed by atoms with Crippen molar-refractivity contribution in [3.05, 3.63) is 0 Å². The third-order valence-corrected chi connectivity index (χ3v) is 5.44. The number of likely N-dealkylation sites (tertiary alicyclic amines) is 1. The van der Waals surface area contributed by atoms with Crippen LogP contribution in [0.3, 0.4) is 0 Å². The number of hydrogen-bond acceptors (Lipinski definition) is 4. The molecule has 1 N–H and O–H groups in total. The van der Waals surface area contributed by atoms with Gasteiger partial charge in [-0.05, 0) is 27.2 Å². The quantitative estimate of drug-likeness (QED) is 0.762. The highest BCUT2D eigenvalue weighted by Gasteiger charge is 2.30. The zero-order valence-corrected chi connectivity index (χ0v) is 10.5. The Balaban J connectivity index is 2.44. The topological polar surface area (TPSA) is 57.6 Å². The Labute approximate surface area is 92.2 Å². The number of aliphatic hydroxyl groups excluding tert-OH is 1. The Bertz CT molecular complexity index is 305. The lowest BCUT2D eigenvalue weighted by atomic mass is 10.3. The van der Waals surface area contributed by atoms with Gasteiger partial charge in [0.05, 0.1) is 16.6 Å². The zero-order chi connectivity index (χ0) is 11.7. The summed E-state index contributed by atoms with van der Waals surface area (Å²) in [5, 5.41) is 9.30. The van der Waals surface area contributed by atoms with Gasteiger partial charge >= 0.3 is 0 Å². The van der Waals surface area contributed by atoms with Gasteiger partial charge in [0.25, 0.3) is 0 Å². The van der Waals surface area contributed by atoms with E-state index in [-0.39, 0.29) is 11.9 Å². The molecule has 1 heterocycles. The molecule has 1 fully saturated rings. The van der Waals surface area contributed by atoms with Crippen LogP contribution < -0.4 is 0 Å². The molecule has 1 rings (SSSR count). The van der Waals surface area contributed by atoms with E-state index in [4.69, 9.17) is 0 Å². The monoisotopic (exact) mass is 235 g/mol. The van der Waals surface area contributed by atoms with E-state index in [1.54, 1.807) is 20.8 Å². The summed E-state index contributed by atoms with van der Waals surface area (Å²) >= 11 is 0. The van der Waals surface area contributed by atoms with Crippen molar-refractivity contribution in [3.8, 4) is 0 Å². The highest BCUT2D eigenvalue weighted by molar-refractivity contribution is 7.92. The molecule has 1 saturated heterocycles.